The molecule has 0 aliphatic rings. The molecular weight excluding hydrogens is 204 g/mol. The van der Waals surface area contributed by atoms with Crippen molar-refractivity contribution in [2.24, 2.45) is 0 Å². The molecule has 0 fully saturated rings. The van der Waals surface area contributed by atoms with Crippen molar-refractivity contribution < 1.29 is 9.63 Å². The second kappa shape index (κ2) is 5.69. The molecule has 4 nitrogen and oxygen atoms in total. The summed E-state index contributed by atoms with van der Waals surface area (Å²) in [5, 5.41) is 9.73. The van der Waals surface area contributed by atoms with Gasteiger partial charge in [0.2, 0.25) is 0 Å². The number of benzene rings is 1. The van der Waals surface area contributed by atoms with E-state index in [0.717, 1.165) is 10.6 Å². The molecule has 0 saturated heterocycles. The summed E-state index contributed by atoms with van der Waals surface area (Å²) in [5.74, 6) is -0.244. The molecule has 0 radical (unpaired) electrons. The van der Waals surface area contributed by atoms with Crippen molar-refractivity contribution in [2.75, 3.05) is 14.2 Å². The molecule has 0 unspecified atom stereocenters. The van der Waals surface area contributed by atoms with E-state index in [0.29, 0.717) is 5.56 Å². The van der Waals surface area contributed by atoms with Gasteiger partial charge in [-0.05, 0) is 23.8 Å². The molecule has 1 aromatic rings. The van der Waals surface area contributed by atoms with Gasteiger partial charge < -0.3 is 0 Å². The fraction of sp³-hybridized carbons (Fsp3) is 0.167. The van der Waals surface area contributed by atoms with Gasteiger partial charge in [0.25, 0.3) is 5.91 Å². The lowest BCUT2D eigenvalue weighted by molar-refractivity contribution is -0.162. The monoisotopic (exact) mass is 216 g/mol. The molecule has 0 aliphatic carbocycles. The number of nitriles is 1. The highest BCUT2D eigenvalue weighted by atomic mass is 16.7. The van der Waals surface area contributed by atoms with Gasteiger partial charge in [0.05, 0.1) is 18.7 Å². The Bertz CT molecular complexity index is 429. The van der Waals surface area contributed by atoms with Crippen LogP contribution in [0, 0.1) is 11.3 Å². The molecular formula is C12H12N2O2. The van der Waals surface area contributed by atoms with Crippen molar-refractivity contribution in [3.8, 4) is 6.07 Å². The van der Waals surface area contributed by atoms with Gasteiger partial charge in [0, 0.05) is 13.1 Å². The van der Waals surface area contributed by atoms with Gasteiger partial charge in [-0.25, -0.2) is 5.06 Å². The predicted molar refractivity (Wildman–Crippen MR) is 60.0 cm³/mol. The fourth-order valence-corrected chi connectivity index (χ4v) is 1.03. The Kier molecular flexibility index (Phi) is 4.25. The van der Waals surface area contributed by atoms with Gasteiger partial charge in [-0.1, -0.05) is 12.1 Å². The first-order chi connectivity index (χ1) is 7.67. The molecule has 0 aliphatic heterocycles. The van der Waals surface area contributed by atoms with E-state index >= 15 is 0 Å². The maximum atomic E-state index is 11.3. The minimum Gasteiger partial charge on any atom is -0.274 e. The first-order valence-electron chi connectivity index (χ1n) is 4.67. The number of hydrogen-bond donors (Lipinski definition) is 0. The number of likely N-dealkylation sites (N-methyl/N-ethyl adjacent to an activating group) is 1. The third-order valence-electron chi connectivity index (χ3n) is 2.04. The topological polar surface area (TPSA) is 53.3 Å². The predicted octanol–water partition coefficient (Wildman–Crippen LogP) is 1.59. The Labute approximate surface area is 94.3 Å². The average Bonchev–Trinajstić information content (AvgIpc) is 2.35. The van der Waals surface area contributed by atoms with Gasteiger partial charge >= 0.3 is 0 Å². The maximum Gasteiger partial charge on any atom is 0.269 e. The fourth-order valence-electron chi connectivity index (χ4n) is 1.03. The molecule has 16 heavy (non-hydrogen) atoms. The van der Waals surface area contributed by atoms with E-state index in [1.807, 2.05) is 6.07 Å². The van der Waals surface area contributed by atoms with Crippen molar-refractivity contribution in [1.82, 2.24) is 5.06 Å². The zero-order valence-corrected chi connectivity index (χ0v) is 9.18. The summed E-state index contributed by atoms with van der Waals surface area (Å²) < 4.78 is 0. The molecule has 0 aromatic heterocycles. The van der Waals surface area contributed by atoms with Crippen LogP contribution in [-0.4, -0.2) is 25.1 Å². The minimum absolute atomic E-state index is 0.244. The Hall–Kier alpha value is -2.12. The van der Waals surface area contributed by atoms with E-state index in [-0.39, 0.29) is 5.91 Å². The summed E-state index contributed by atoms with van der Waals surface area (Å²) in [7, 11) is 2.96. The molecule has 82 valence electrons. The zero-order chi connectivity index (χ0) is 12.0. The van der Waals surface area contributed by atoms with Crippen molar-refractivity contribution in [1.29, 1.82) is 5.26 Å². The highest BCUT2D eigenvalue weighted by Gasteiger charge is 2.01. The smallest absolute Gasteiger partial charge is 0.269 e. The van der Waals surface area contributed by atoms with Crippen LogP contribution < -0.4 is 0 Å². The quantitative estimate of drug-likeness (QED) is 0.569. The van der Waals surface area contributed by atoms with Gasteiger partial charge in [-0.3, -0.25) is 9.63 Å². The summed E-state index contributed by atoms with van der Waals surface area (Å²) in [4.78, 5) is 16.1. The van der Waals surface area contributed by atoms with E-state index in [1.54, 1.807) is 30.3 Å². The standard InChI is InChI=1S/C12H12N2O2/c1-14(16-2)12(15)8-7-10-3-5-11(9-13)6-4-10/h3-8H,1-2H3. The van der Waals surface area contributed by atoms with Crippen LogP contribution in [0.4, 0.5) is 0 Å². The number of rotatable bonds is 3. The van der Waals surface area contributed by atoms with Crippen LogP contribution >= 0.6 is 0 Å². The van der Waals surface area contributed by atoms with Crippen molar-refractivity contribution in [2.45, 2.75) is 0 Å². The van der Waals surface area contributed by atoms with Crippen LogP contribution in [0.3, 0.4) is 0 Å². The van der Waals surface area contributed by atoms with E-state index < -0.39 is 0 Å². The maximum absolute atomic E-state index is 11.3. The lowest BCUT2D eigenvalue weighted by Gasteiger charge is -2.09. The van der Waals surface area contributed by atoms with Crippen molar-refractivity contribution >= 4 is 12.0 Å². The van der Waals surface area contributed by atoms with Gasteiger partial charge in [0.1, 0.15) is 0 Å². The molecule has 0 heterocycles. The highest BCUT2D eigenvalue weighted by molar-refractivity contribution is 5.90. The summed E-state index contributed by atoms with van der Waals surface area (Å²) in [5.41, 5.74) is 1.45. The molecule has 0 spiro atoms. The molecule has 1 aromatic carbocycles. The summed E-state index contributed by atoms with van der Waals surface area (Å²) in [6.07, 6.45) is 3.07. The number of hydrogen-bond acceptors (Lipinski definition) is 3. The molecule has 1 rings (SSSR count). The van der Waals surface area contributed by atoms with Crippen LogP contribution in [-0.2, 0) is 9.63 Å². The van der Waals surface area contributed by atoms with Gasteiger partial charge in [-0.15, -0.1) is 0 Å². The third kappa shape index (κ3) is 3.23. The van der Waals surface area contributed by atoms with Crippen molar-refractivity contribution in [3.63, 3.8) is 0 Å². The Balaban J connectivity index is 2.70. The van der Waals surface area contributed by atoms with Crippen LogP contribution in [0.25, 0.3) is 6.08 Å². The van der Waals surface area contributed by atoms with Crippen LogP contribution in [0.2, 0.25) is 0 Å². The largest absolute Gasteiger partial charge is 0.274 e. The van der Waals surface area contributed by atoms with E-state index in [1.165, 1.54) is 20.2 Å². The molecule has 1 amide bonds. The number of nitrogens with zero attached hydrogens (tertiary/aromatic N) is 2. The Morgan fingerprint density at radius 1 is 1.44 bits per heavy atom. The first kappa shape index (κ1) is 12.0. The molecule has 4 heteroatoms. The Morgan fingerprint density at radius 3 is 2.56 bits per heavy atom. The molecule has 0 N–H and O–H groups in total. The number of amides is 1. The average molecular weight is 216 g/mol. The second-order valence-electron chi connectivity index (χ2n) is 3.09. The van der Waals surface area contributed by atoms with Crippen LogP contribution in [0.1, 0.15) is 11.1 Å². The van der Waals surface area contributed by atoms with Crippen LogP contribution in [0.5, 0.6) is 0 Å². The van der Waals surface area contributed by atoms with E-state index in [4.69, 9.17) is 10.1 Å². The first-order valence-corrected chi connectivity index (χ1v) is 4.67. The second-order valence-corrected chi connectivity index (χ2v) is 3.09. The summed E-state index contributed by atoms with van der Waals surface area (Å²) in [6.45, 7) is 0. The lowest BCUT2D eigenvalue weighted by Crippen LogP contribution is -2.22. The number of carbonyl (C=O) groups is 1. The van der Waals surface area contributed by atoms with Crippen molar-refractivity contribution in [3.05, 3.63) is 41.5 Å². The minimum atomic E-state index is -0.244. The zero-order valence-electron chi connectivity index (χ0n) is 9.18. The SMILES string of the molecule is CON(C)C(=O)C=Cc1ccc(C#N)cc1. The number of hydroxylamine groups is 2. The normalized spacial score (nSPS) is 10.1. The third-order valence-corrected chi connectivity index (χ3v) is 2.04. The molecule has 0 bridgehead atoms. The summed E-state index contributed by atoms with van der Waals surface area (Å²) >= 11 is 0. The van der Waals surface area contributed by atoms with Gasteiger partial charge in [0.15, 0.2) is 0 Å². The summed E-state index contributed by atoms with van der Waals surface area (Å²) in [6, 6.07) is 8.97. The number of carbonyl (C=O) groups excluding carboxylic acids is 1. The molecule has 0 atom stereocenters. The highest BCUT2D eigenvalue weighted by Crippen LogP contribution is 2.05. The Morgan fingerprint density at radius 2 is 2.06 bits per heavy atom. The van der Waals surface area contributed by atoms with Gasteiger partial charge in [-0.2, -0.15) is 5.26 Å². The molecule has 0 saturated carbocycles. The van der Waals surface area contributed by atoms with Crippen LogP contribution in [0.15, 0.2) is 30.3 Å². The van der Waals surface area contributed by atoms with E-state index in [2.05, 4.69) is 0 Å². The van der Waals surface area contributed by atoms with E-state index in [9.17, 15) is 4.79 Å². The lowest BCUT2D eigenvalue weighted by atomic mass is 10.1.